The Kier molecular flexibility index (Phi) is 2.71. The topological polar surface area (TPSA) is 83.8 Å². The van der Waals surface area contributed by atoms with Crippen molar-refractivity contribution in [1.29, 1.82) is 0 Å². The van der Waals surface area contributed by atoms with Gasteiger partial charge in [-0.2, -0.15) is 10.1 Å². The van der Waals surface area contributed by atoms with E-state index >= 15 is 0 Å². The van der Waals surface area contributed by atoms with Crippen LogP contribution in [0.25, 0.3) is 11.0 Å². The summed E-state index contributed by atoms with van der Waals surface area (Å²) in [6.45, 7) is 0. The first-order valence-corrected chi connectivity index (χ1v) is 5.53. The summed E-state index contributed by atoms with van der Waals surface area (Å²) in [5.74, 6) is -0.390. The Morgan fingerprint density at radius 3 is 3.16 bits per heavy atom. The zero-order valence-electron chi connectivity index (χ0n) is 9.68. The third kappa shape index (κ3) is 2.30. The van der Waals surface area contributed by atoms with Crippen LogP contribution in [0.4, 0.5) is 10.3 Å². The molecular weight excluding hydrogens is 251 g/mol. The number of hydrogen-bond acceptors (Lipinski definition) is 4. The fourth-order valence-electron chi connectivity index (χ4n) is 1.81. The van der Waals surface area contributed by atoms with E-state index in [1.54, 1.807) is 0 Å². The van der Waals surface area contributed by atoms with Crippen molar-refractivity contribution >= 4 is 22.8 Å². The largest absolute Gasteiger partial charge is 0.464 e. The van der Waals surface area contributed by atoms with Crippen molar-refractivity contribution in [1.82, 2.24) is 15.2 Å². The summed E-state index contributed by atoms with van der Waals surface area (Å²) in [5.41, 5.74) is 1.16. The van der Waals surface area contributed by atoms with Crippen LogP contribution in [0.3, 0.4) is 0 Å². The number of amides is 1. The van der Waals surface area contributed by atoms with E-state index in [-0.39, 0.29) is 24.1 Å². The van der Waals surface area contributed by atoms with Gasteiger partial charge in [0.2, 0.25) is 11.9 Å². The second-order valence-electron chi connectivity index (χ2n) is 3.96. The van der Waals surface area contributed by atoms with E-state index in [1.165, 1.54) is 30.8 Å². The number of nitrogens with zero attached hydrogens (tertiary/aromatic N) is 2. The number of H-pyrrole nitrogens is 1. The molecule has 0 radical (unpaired) electrons. The van der Waals surface area contributed by atoms with E-state index in [1.807, 2.05) is 0 Å². The van der Waals surface area contributed by atoms with E-state index < -0.39 is 0 Å². The molecule has 1 amide bonds. The number of carbonyl (C=O) groups is 1. The number of aromatic nitrogens is 3. The van der Waals surface area contributed by atoms with Crippen molar-refractivity contribution in [3.05, 3.63) is 42.2 Å². The Morgan fingerprint density at radius 1 is 1.47 bits per heavy atom. The van der Waals surface area contributed by atoms with Gasteiger partial charge in [0, 0.05) is 10.9 Å². The maximum Gasteiger partial charge on any atom is 0.231 e. The summed E-state index contributed by atoms with van der Waals surface area (Å²) in [7, 11) is 0. The van der Waals surface area contributed by atoms with Crippen LogP contribution < -0.4 is 5.32 Å². The van der Waals surface area contributed by atoms with Crippen molar-refractivity contribution in [2.24, 2.45) is 0 Å². The fourth-order valence-corrected chi connectivity index (χ4v) is 1.81. The molecule has 2 N–H and O–H groups in total. The molecule has 0 saturated carbocycles. The molecule has 0 spiro atoms. The summed E-state index contributed by atoms with van der Waals surface area (Å²) < 4.78 is 18.4. The van der Waals surface area contributed by atoms with Crippen LogP contribution in [0.1, 0.15) is 5.56 Å². The molecule has 2 aromatic heterocycles. The molecule has 19 heavy (non-hydrogen) atoms. The van der Waals surface area contributed by atoms with E-state index in [0.29, 0.717) is 16.5 Å². The van der Waals surface area contributed by atoms with Crippen molar-refractivity contribution < 1.29 is 13.6 Å². The minimum atomic E-state index is -0.370. The lowest BCUT2D eigenvalue weighted by atomic mass is 10.1. The molecule has 6 nitrogen and oxygen atoms in total. The minimum Gasteiger partial charge on any atom is -0.464 e. The van der Waals surface area contributed by atoms with E-state index in [4.69, 9.17) is 4.42 Å². The number of rotatable bonds is 3. The van der Waals surface area contributed by atoms with Crippen LogP contribution in [-0.2, 0) is 11.2 Å². The van der Waals surface area contributed by atoms with Crippen LogP contribution >= 0.6 is 0 Å². The predicted molar refractivity (Wildman–Crippen MR) is 64.9 cm³/mol. The fraction of sp³-hybridized carbons (Fsp3) is 0.0833. The number of hydrogen-bond donors (Lipinski definition) is 2. The van der Waals surface area contributed by atoms with Crippen molar-refractivity contribution in [3.8, 4) is 0 Å². The lowest BCUT2D eigenvalue weighted by Gasteiger charge is -1.99. The zero-order valence-corrected chi connectivity index (χ0v) is 9.68. The summed E-state index contributed by atoms with van der Waals surface area (Å²) in [4.78, 5) is 15.6. The number of benzene rings is 1. The first kappa shape index (κ1) is 11.4. The molecular formula is C12H9FN4O2. The highest BCUT2D eigenvalue weighted by Crippen LogP contribution is 2.22. The SMILES string of the molecule is O=C(Cc1coc2ccc(F)cc12)Nc1ncn[nH]1. The van der Waals surface area contributed by atoms with Crippen LogP contribution in [0.2, 0.25) is 0 Å². The molecule has 0 aliphatic carbocycles. The van der Waals surface area contributed by atoms with Gasteiger partial charge < -0.3 is 4.42 Å². The van der Waals surface area contributed by atoms with Crippen LogP contribution in [0.5, 0.6) is 0 Å². The Hall–Kier alpha value is -2.70. The highest BCUT2D eigenvalue weighted by Gasteiger charge is 2.12. The van der Waals surface area contributed by atoms with Crippen molar-refractivity contribution in [2.75, 3.05) is 5.32 Å². The van der Waals surface area contributed by atoms with Gasteiger partial charge >= 0.3 is 0 Å². The maximum absolute atomic E-state index is 13.2. The second kappa shape index (κ2) is 4.52. The monoisotopic (exact) mass is 260 g/mol. The van der Waals surface area contributed by atoms with Gasteiger partial charge in [-0.25, -0.2) is 9.49 Å². The van der Waals surface area contributed by atoms with E-state index in [9.17, 15) is 9.18 Å². The van der Waals surface area contributed by atoms with Gasteiger partial charge in [0.1, 0.15) is 17.7 Å². The molecule has 3 rings (SSSR count). The molecule has 0 aliphatic rings. The molecule has 7 heteroatoms. The molecule has 0 fully saturated rings. The molecule has 0 atom stereocenters. The molecule has 1 aromatic carbocycles. The van der Waals surface area contributed by atoms with Crippen LogP contribution in [0.15, 0.2) is 35.2 Å². The van der Waals surface area contributed by atoms with E-state index in [0.717, 1.165) is 0 Å². The highest BCUT2D eigenvalue weighted by molar-refractivity contribution is 5.94. The summed E-state index contributed by atoms with van der Waals surface area (Å²) >= 11 is 0. The lowest BCUT2D eigenvalue weighted by molar-refractivity contribution is -0.115. The van der Waals surface area contributed by atoms with Crippen molar-refractivity contribution in [2.45, 2.75) is 6.42 Å². The van der Waals surface area contributed by atoms with Gasteiger partial charge in [-0.1, -0.05) is 0 Å². The molecule has 0 saturated heterocycles. The van der Waals surface area contributed by atoms with E-state index in [2.05, 4.69) is 20.5 Å². The average Bonchev–Trinajstić information content (AvgIpc) is 3.00. The minimum absolute atomic E-state index is 0.0666. The Labute approximate surface area is 106 Å². The maximum atomic E-state index is 13.2. The Bertz CT molecular complexity index is 720. The smallest absolute Gasteiger partial charge is 0.231 e. The first-order chi connectivity index (χ1) is 9.22. The standard InChI is InChI=1S/C12H9FN4O2/c13-8-1-2-10-9(4-8)7(5-19-10)3-11(18)16-12-14-6-15-17-12/h1-2,4-6H,3H2,(H2,14,15,16,17,18). The second-order valence-corrected chi connectivity index (χ2v) is 3.96. The zero-order chi connectivity index (χ0) is 13.2. The number of halogens is 1. The van der Waals surface area contributed by atoms with Crippen LogP contribution in [0, 0.1) is 5.82 Å². The molecule has 3 aromatic rings. The van der Waals surface area contributed by atoms with Crippen LogP contribution in [-0.4, -0.2) is 21.1 Å². The Morgan fingerprint density at radius 2 is 2.37 bits per heavy atom. The highest BCUT2D eigenvalue weighted by atomic mass is 19.1. The molecule has 96 valence electrons. The lowest BCUT2D eigenvalue weighted by Crippen LogP contribution is -2.15. The number of aromatic amines is 1. The van der Waals surface area contributed by atoms with Gasteiger partial charge in [0.05, 0.1) is 12.7 Å². The normalized spacial score (nSPS) is 10.8. The number of anilines is 1. The molecule has 0 bridgehead atoms. The number of furan rings is 1. The molecule has 0 unspecified atom stereocenters. The average molecular weight is 260 g/mol. The van der Waals surface area contributed by atoms with Crippen molar-refractivity contribution in [3.63, 3.8) is 0 Å². The third-order valence-corrected chi connectivity index (χ3v) is 2.64. The molecule has 2 heterocycles. The van der Waals surface area contributed by atoms with Gasteiger partial charge in [-0.3, -0.25) is 10.1 Å². The first-order valence-electron chi connectivity index (χ1n) is 5.53. The predicted octanol–water partition coefficient (Wildman–Crippen LogP) is 1.87. The quantitative estimate of drug-likeness (QED) is 0.753. The number of nitrogens with one attached hydrogen (secondary N) is 2. The number of fused-ring (bicyclic) bond motifs is 1. The number of carbonyl (C=O) groups excluding carboxylic acids is 1. The summed E-state index contributed by atoms with van der Waals surface area (Å²) in [6, 6.07) is 4.18. The molecule has 0 aliphatic heterocycles. The third-order valence-electron chi connectivity index (χ3n) is 2.64. The van der Waals surface area contributed by atoms with Gasteiger partial charge in [0.25, 0.3) is 0 Å². The Balaban J connectivity index is 1.81. The summed E-state index contributed by atoms with van der Waals surface area (Å²) in [5, 5.41) is 9.26. The van der Waals surface area contributed by atoms with Gasteiger partial charge in [0.15, 0.2) is 0 Å². The van der Waals surface area contributed by atoms with Gasteiger partial charge in [-0.15, -0.1) is 0 Å². The summed E-state index contributed by atoms with van der Waals surface area (Å²) in [6.07, 6.45) is 2.81. The van der Waals surface area contributed by atoms with Gasteiger partial charge in [-0.05, 0) is 18.2 Å².